The number of unbranched alkanes of at least 4 members (excludes halogenated alkanes) is 2. The Bertz CT molecular complexity index is 307. The first-order valence-corrected chi connectivity index (χ1v) is 6.90. The van der Waals surface area contributed by atoms with Crippen molar-refractivity contribution in [2.75, 3.05) is 0 Å². The summed E-state index contributed by atoms with van der Waals surface area (Å²) in [6, 6.07) is 8.02. The summed E-state index contributed by atoms with van der Waals surface area (Å²) in [5.41, 5.74) is 0.393. The van der Waals surface area contributed by atoms with E-state index in [9.17, 15) is 5.11 Å². The average molecular weight is 285 g/mol. The van der Waals surface area contributed by atoms with E-state index in [-0.39, 0.29) is 0 Å². The Morgan fingerprint density at radius 1 is 1.12 bits per heavy atom. The Balaban J connectivity index is 2.74. The third kappa shape index (κ3) is 3.60. The second-order valence-electron chi connectivity index (χ2n) is 4.35. The quantitative estimate of drug-likeness (QED) is 0.756. The predicted octanol–water partition coefficient (Wildman–Crippen LogP) is 4.63. The van der Waals surface area contributed by atoms with Crippen molar-refractivity contribution in [3.8, 4) is 0 Å². The van der Waals surface area contributed by atoms with Crippen molar-refractivity contribution in [1.82, 2.24) is 0 Å². The van der Waals surface area contributed by atoms with E-state index in [1.165, 1.54) is 12.8 Å². The van der Waals surface area contributed by atoms with E-state index in [2.05, 4.69) is 22.9 Å². The zero-order chi connectivity index (χ0) is 12.0. The van der Waals surface area contributed by atoms with Gasteiger partial charge in [0.25, 0.3) is 0 Å². The third-order valence-corrected chi connectivity index (χ3v) is 3.69. The molecule has 1 aromatic rings. The van der Waals surface area contributed by atoms with Gasteiger partial charge in [0.15, 0.2) is 0 Å². The number of aliphatic hydroxyl groups is 1. The van der Waals surface area contributed by atoms with Crippen LogP contribution in [0.2, 0.25) is 0 Å². The fourth-order valence-electron chi connectivity index (χ4n) is 1.95. The highest BCUT2D eigenvalue weighted by molar-refractivity contribution is 9.10. The predicted molar refractivity (Wildman–Crippen MR) is 72.5 cm³/mol. The van der Waals surface area contributed by atoms with Crippen LogP contribution in [0, 0.1) is 0 Å². The van der Waals surface area contributed by atoms with E-state index >= 15 is 0 Å². The van der Waals surface area contributed by atoms with Crippen LogP contribution in [0.25, 0.3) is 0 Å². The SMILES string of the molecule is CCCCCC(O)(CC)c1ccc(Br)cc1. The largest absolute Gasteiger partial charge is 0.385 e. The fraction of sp³-hybridized carbons (Fsp3) is 0.571. The molecule has 0 amide bonds. The lowest BCUT2D eigenvalue weighted by molar-refractivity contribution is 0.0208. The van der Waals surface area contributed by atoms with Gasteiger partial charge in [0.1, 0.15) is 0 Å². The van der Waals surface area contributed by atoms with Crippen molar-refractivity contribution < 1.29 is 5.11 Å². The molecule has 0 heterocycles. The maximum absolute atomic E-state index is 10.6. The molecule has 2 heteroatoms. The monoisotopic (exact) mass is 284 g/mol. The first kappa shape index (κ1) is 13.7. The van der Waals surface area contributed by atoms with Gasteiger partial charge in [-0.25, -0.2) is 0 Å². The van der Waals surface area contributed by atoms with Crippen molar-refractivity contribution in [3.05, 3.63) is 34.3 Å². The molecule has 1 rings (SSSR count). The van der Waals surface area contributed by atoms with Crippen LogP contribution in [-0.2, 0) is 5.60 Å². The minimum absolute atomic E-state index is 0.643. The molecule has 0 bridgehead atoms. The van der Waals surface area contributed by atoms with Gasteiger partial charge in [-0.1, -0.05) is 61.2 Å². The van der Waals surface area contributed by atoms with Gasteiger partial charge in [-0.15, -0.1) is 0 Å². The van der Waals surface area contributed by atoms with Crippen molar-refractivity contribution in [2.24, 2.45) is 0 Å². The normalized spacial score (nSPS) is 14.8. The summed E-state index contributed by atoms with van der Waals surface area (Å²) < 4.78 is 1.06. The molecule has 0 aliphatic rings. The van der Waals surface area contributed by atoms with Gasteiger partial charge in [0.05, 0.1) is 5.60 Å². The second kappa shape index (κ2) is 6.41. The molecule has 1 N–H and O–H groups in total. The fourth-order valence-corrected chi connectivity index (χ4v) is 2.22. The molecule has 0 aliphatic heterocycles. The van der Waals surface area contributed by atoms with Gasteiger partial charge in [-0.2, -0.15) is 0 Å². The smallest absolute Gasteiger partial charge is 0.0894 e. The summed E-state index contributed by atoms with van der Waals surface area (Å²) in [4.78, 5) is 0. The Labute approximate surface area is 107 Å². The summed E-state index contributed by atoms with van der Waals surface area (Å²) in [7, 11) is 0. The topological polar surface area (TPSA) is 20.2 Å². The van der Waals surface area contributed by atoms with Gasteiger partial charge in [0, 0.05) is 4.47 Å². The maximum atomic E-state index is 10.6. The van der Waals surface area contributed by atoms with E-state index in [0.717, 1.165) is 29.3 Å². The minimum Gasteiger partial charge on any atom is -0.385 e. The Kier molecular flexibility index (Phi) is 5.50. The summed E-state index contributed by atoms with van der Waals surface area (Å²) in [5, 5.41) is 10.6. The molecule has 0 fully saturated rings. The highest BCUT2D eigenvalue weighted by atomic mass is 79.9. The zero-order valence-corrected chi connectivity index (χ0v) is 11.8. The van der Waals surface area contributed by atoms with E-state index in [1.807, 2.05) is 31.2 Å². The van der Waals surface area contributed by atoms with Crippen LogP contribution in [0.4, 0.5) is 0 Å². The summed E-state index contributed by atoms with van der Waals surface area (Å²) in [5.74, 6) is 0. The molecule has 0 saturated heterocycles. The first-order chi connectivity index (χ1) is 7.62. The van der Waals surface area contributed by atoms with Crippen LogP contribution >= 0.6 is 15.9 Å². The molecular formula is C14H21BrO. The molecule has 16 heavy (non-hydrogen) atoms. The van der Waals surface area contributed by atoms with Gasteiger partial charge < -0.3 is 5.11 Å². The van der Waals surface area contributed by atoms with Crippen LogP contribution in [0.1, 0.15) is 51.5 Å². The van der Waals surface area contributed by atoms with Crippen LogP contribution in [0.15, 0.2) is 28.7 Å². The highest BCUT2D eigenvalue weighted by Crippen LogP contribution is 2.31. The van der Waals surface area contributed by atoms with Crippen LogP contribution in [-0.4, -0.2) is 5.11 Å². The molecule has 0 saturated carbocycles. The lowest BCUT2D eigenvalue weighted by Gasteiger charge is -2.27. The van der Waals surface area contributed by atoms with Crippen molar-refractivity contribution in [3.63, 3.8) is 0 Å². The number of hydrogen-bond acceptors (Lipinski definition) is 1. The Morgan fingerprint density at radius 3 is 2.25 bits per heavy atom. The zero-order valence-electron chi connectivity index (χ0n) is 10.2. The van der Waals surface area contributed by atoms with Crippen molar-refractivity contribution in [1.29, 1.82) is 0 Å². The minimum atomic E-state index is -0.643. The molecule has 0 aliphatic carbocycles. The molecule has 0 aromatic heterocycles. The average Bonchev–Trinajstić information content (AvgIpc) is 2.30. The molecule has 90 valence electrons. The number of halogens is 1. The first-order valence-electron chi connectivity index (χ1n) is 6.11. The summed E-state index contributed by atoms with van der Waals surface area (Å²) in [6.07, 6.45) is 5.12. The Hall–Kier alpha value is -0.340. The highest BCUT2D eigenvalue weighted by Gasteiger charge is 2.25. The standard InChI is InChI=1S/C14H21BrO/c1-3-5-6-11-14(16,4-2)12-7-9-13(15)10-8-12/h7-10,16H,3-6,11H2,1-2H3. The summed E-state index contributed by atoms with van der Waals surface area (Å²) >= 11 is 3.42. The molecule has 1 atom stereocenters. The molecule has 1 unspecified atom stereocenters. The van der Waals surface area contributed by atoms with E-state index < -0.39 is 5.60 Å². The van der Waals surface area contributed by atoms with Crippen LogP contribution < -0.4 is 0 Å². The Morgan fingerprint density at radius 2 is 1.75 bits per heavy atom. The molecular weight excluding hydrogens is 264 g/mol. The van der Waals surface area contributed by atoms with Gasteiger partial charge >= 0.3 is 0 Å². The lowest BCUT2D eigenvalue weighted by Crippen LogP contribution is -2.24. The van der Waals surface area contributed by atoms with Gasteiger partial charge in [0.2, 0.25) is 0 Å². The lowest BCUT2D eigenvalue weighted by atomic mass is 9.86. The van der Waals surface area contributed by atoms with Gasteiger partial charge in [-0.05, 0) is 30.5 Å². The third-order valence-electron chi connectivity index (χ3n) is 3.16. The second-order valence-corrected chi connectivity index (χ2v) is 5.26. The number of rotatable bonds is 6. The van der Waals surface area contributed by atoms with Crippen LogP contribution in [0.3, 0.4) is 0 Å². The molecule has 0 radical (unpaired) electrons. The van der Waals surface area contributed by atoms with E-state index in [1.54, 1.807) is 0 Å². The molecule has 1 aromatic carbocycles. The van der Waals surface area contributed by atoms with Crippen molar-refractivity contribution in [2.45, 2.75) is 51.6 Å². The summed E-state index contributed by atoms with van der Waals surface area (Å²) in [6.45, 7) is 4.23. The number of benzene rings is 1. The van der Waals surface area contributed by atoms with E-state index in [4.69, 9.17) is 0 Å². The van der Waals surface area contributed by atoms with Crippen LogP contribution in [0.5, 0.6) is 0 Å². The number of hydrogen-bond donors (Lipinski definition) is 1. The van der Waals surface area contributed by atoms with Gasteiger partial charge in [-0.3, -0.25) is 0 Å². The maximum Gasteiger partial charge on any atom is 0.0894 e. The van der Waals surface area contributed by atoms with Crippen molar-refractivity contribution >= 4 is 15.9 Å². The molecule has 1 nitrogen and oxygen atoms in total. The molecule has 0 spiro atoms. The van der Waals surface area contributed by atoms with E-state index in [0.29, 0.717) is 0 Å².